The van der Waals surface area contributed by atoms with Crippen molar-refractivity contribution >= 4 is 27.7 Å². The fraction of sp³-hybridized carbons (Fsp3) is 0.312. The van der Waals surface area contributed by atoms with Gasteiger partial charge in [0.1, 0.15) is 5.82 Å². The quantitative estimate of drug-likeness (QED) is 0.246. The predicted octanol–water partition coefficient (Wildman–Crippen LogP) is 7.66. The van der Waals surface area contributed by atoms with Crippen molar-refractivity contribution in [2.45, 2.75) is 46.5 Å². The number of phenols is 1. The molecule has 3 aromatic carbocycles. The largest absolute Gasteiger partial charge is 0.503 e. The standard InChI is InChI=1S/C32H30F3N3O3/c1-17-22-15-26-23(16-27(22)38(36-17)31(40)32(2,3)4)28(19-13-24(34)30(39)25(35)14-19)29(18-9-11-41-12-10-18)37(26)21-7-5-20(33)6-8-21/h5-8,13-16,18,39H,9-12H2,1-4H3. The highest BCUT2D eigenvalue weighted by Gasteiger charge is 2.31. The van der Waals surface area contributed by atoms with Gasteiger partial charge in [0.15, 0.2) is 17.4 Å². The maximum absolute atomic E-state index is 14.8. The Morgan fingerprint density at radius 2 is 1.56 bits per heavy atom. The van der Waals surface area contributed by atoms with Gasteiger partial charge in [0, 0.05) is 52.3 Å². The van der Waals surface area contributed by atoms with E-state index in [0.29, 0.717) is 53.9 Å². The zero-order valence-corrected chi connectivity index (χ0v) is 23.3. The highest BCUT2D eigenvalue weighted by Crippen LogP contribution is 2.46. The highest BCUT2D eigenvalue weighted by atomic mass is 19.1. The topological polar surface area (TPSA) is 69.3 Å². The molecule has 0 bridgehead atoms. The van der Waals surface area contributed by atoms with Crippen LogP contribution in [0.4, 0.5) is 13.2 Å². The average molecular weight is 562 g/mol. The molecule has 0 atom stereocenters. The zero-order chi connectivity index (χ0) is 29.2. The van der Waals surface area contributed by atoms with E-state index < -0.39 is 22.8 Å². The van der Waals surface area contributed by atoms with E-state index >= 15 is 0 Å². The summed E-state index contributed by atoms with van der Waals surface area (Å²) in [6.45, 7) is 8.32. The van der Waals surface area contributed by atoms with Crippen molar-refractivity contribution in [2.75, 3.05) is 13.2 Å². The lowest BCUT2D eigenvalue weighted by atomic mass is 9.89. The van der Waals surface area contributed by atoms with Crippen molar-refractivity contribution in [3.8, 4) is 22.6 Å². The molecule has 3 heterocycles. The van der Waals surface area contributed by atoms with E-state index in [0.717, 1.165) is 28.7 Å². The summed E-state index contributed by atoms with van der Waals surface area (Å²) in [5, 5.41) is 15.8. The number of hydrogen-bond donors (Lipinski definition) is 1. The van der Waals surface area contributed by atoms with Gasteiger partial charge in [0.05, 0.1) is 16.7 Å². The Balaban J connectivity index is 1.79. The summed E-state index contributed by atoms with van der Waals surface area (Å²) in [7, 11) is 0. The Morgan fingerprint density at radius 3 is 2.17 bits per heavy atom. The molecule has 0 saturated carbocycles. The van der Waals surface area contributed by atoms with Crippen molar-refractivity contribution in [3.63, 3.8) is 0 Å². The van der Waals surface area contributed by atoms with Crippen molar-refractivity contribution in [1.29, 1.82) is 0 Å². The van der Waals surface area contributed by atoms with E-state index in [1.165, 1.54) is 16.8 Å². The SMILES string of the molecule is Cc1nn(C(=O)C(C)(C)C)c2cc3c(-c4cc(F)c(O)c(F)c4)c(C4CCOCC4)n(-c4ccc(F)cc4)c3cc12. The summed E-state index contributed by atoms with van der Waals surface area (Å²) in [4.78, 5) is 13.4. The normalized spacial score (nSPS) is 14.8. The van der Waals surface area contributed by atoms with Gasteiger partial charge >= 0.3 is 0 Å². The third-order valence-corrected chi connectivity index (χ3v) is 7.82. The Labute approximate surface area is 235 Å². The second-order valence-corrected chi connectivity index (χ2v) is 11.7. The number of halogens is 3. The molecule has 6 nitrogen and oxygen atoms in total. The van der Waals surface area contributed by atoms with Gasteiger partial charge < -0.3 is 14.4 Å². The van der Waals surface area contributed by atoms with Crippen LogP contribution in [0.15, 0.2) is 48.5 Å². The van der Waals surface area contributed by atoms with Crippen molar-refractivity contribution < 1.29 is 27.8 Å². The zero-order valence-electron chi connectivity index (χ0n) is 23.3. The summed E-state index contributed by atoms with van der Waals surface area (Å²) in [6.07, 6.45) is 1.34. The highest BCUT2D eigenvalue weighted by molar-refractivity contribution is 6.08. The van der Waals surface area contributed by atoms with Crippen LogP contribution < -0.4 is 0 Å². The van der Waals surface area contributed by atoms with E-state index in [-0.39, 0.29) is 23.2 Å². The third-order valence-electron chi connectivity index (χ3n) is 7.82. The number of rotatable bonds is 3. The molecule has 6 rings (SSSR count). The molecule has 41 heavy (non-hydrogen) atoms. The lowest BCUT2D eigenvalue weighted by Gasteiger charge is -2.26. The van der Waals surface area contributed by atoms with Crippen LogP contribution in [0.1, 0.15) is 55.7 Å². The summed E-state index contributed by atoms with van der Waals surface area (Å²) < 4.78 is 52.7. The van der Waals surface area contributed by atoms with E-state index in [1.807, 2.05) is 44.4 Å². The minimum absolute atomic E-state index is 0.0481. The molecule has 0 unspecified atom stereocenters. The molecule has 0 spiro atoms. The molecule has 2 aromatic heterocycles. The van der Waals surface area contributed by atoms with Crippen LogP contribution in [0.25, 0.3) is 38.6 Å². The summed E-state index contributed by atoms with van der Waals surface area (Å²) in [6, 6.07) is 12.1. The fourth-order valence-corrected chi connectivity index (χ4v) is 5.78. The molecular formula is C32H30F3N3O3. The lowest BCUT2D eigenvalue weighted by Crippen LogP contribution is -2.27. The van der Waals surface area contributed by atoms with E-state index in [9.17, 15) is 23.1 Å². The number of nitrogens with zero attached hydrogens (tertiary/aromatic N) is 3. The first-order chi connectivity index (χ1) is 19.5. The minimum atomic E-state index is -1.08. The molecule has 1 aliphatic rings. The number of benzene rings is 3. The van der Waals surface area contributed by atoms with Crippen molar-refractivity contribution in [1.82, 2.24) is 14.3 Å². The van der Waals surface area contributed by atoms with Gasteiger partial charge in [-0.3, -0.25) is 4.79 Å². The number of hydrogen-bond acceptors (Lipinski definition) is 4. The predicted molar refractivity (Wildman–Crippen MR) is 151 cm³/mol. The first-order valence-corrected chi connectivity index (χ1v) is 13.6. The molecule has 212 valence electrons. The van der Waals surface area contributed by atoms with Crippen LogP contribution in [0.5, 0.6) is 5.75 Å². The molecule has 9 heteroatoms. The van der Waals surface area contributed by atoms with Crippen LogP contribution in [0.2, 0.25) is 0 Å². The summed E-state index contributed by atoms with van der Waals surface area (Å²) >= 11 is 0. The molecule has 1 N–H and O–H groups in total. The van der Waals surface area contributed by atoms with Gasteiger partial charge in [-0.2, -0.15) is 9.78 Å². The number of carbonyl (C=O) groups excluding carboxylic acids is 1. The lowest BCUT2D eigenvalue weighted by molar-refractivity contribution is 0.0755. The molecule has 0 amide bonds. The van der Waals surface area contributed by atoms with Crippen LogP contribution in [0.3, 0.4) is 0 Å². The molecule has 1 saturated heterocycles. The summed E-state index contributed by atoms with van der Waals surface area (Å²) in [5.41, 5.74) is 3.54. The molecule has 5 aromatic rings. The van der Waals surface area contributed by atoms with Crippen LogP contribution in [-0.2, 0) is 4.74 Å². The number of aromatic nitrogens is 3. The van der Waals surface area contributed by atoms with Crippen molar-refractivity contribution in [3.05, 3.63) is 77.4 Å². The number of fused-ring (bicyclic) bond motifs is 2. The maximum Gasteiger partial charge on any atom is 0.252 e. The van der Waals surface area contributed by atoms with Gasteiger partial charge in [0.2, 0.25) is 0 Å². The molecular weight excluding hydrogens is 531 g/mol. The van der Waals surface area contributed by atoms with Gasteiger partial charge in [0.25, 0.3) is 5.91 Å². The number of phenolic OH excluding ortho intramolecular Hbond substituents is 1. The van der Waals surface area contributed by atoms with E-state index in [2.05, 4.69) is 5.10 Å². The maximum atomic E-state index is 14.8. The summed E-state index contributed by atoms with van der Waals surface area (Å²) in [5.74, 6) is -3.83. The van der Waals surface area contributed by atoms with E-state index in [1.54, 1.807) is 12.1 Å². The van der Waals surface area contributed by atoms with Crippen LogP contribution in [0, 0.1) is 29.8 Å². The Bertz CT molecular complexity index is 1800. The van der Waals surface area contributed by atoms with Crippen LogP contribution in [-0.4, -0.2) is 38.6 Å². The van der Waals surface area contributed by atoms with Gasteiger partial charge in [-0.1, -0.05) is 20.8 Å². The minimum Gasteiger partial charge on any atom is -0.503 e. The Hall–Kier alpha value is -4.11. The fourth-order valence-electron chi connectivity index (χ4n) is 5.78. The number of aryl methyl sites for hydroxylation is 1. The average Bonchev–Trinajstić information content (AvgIpc) is 3.44. The van der Waals surface area contributed by atoms with E-state index in [4.69, 9.17) is 4.74 Å². The number of aromatic hydroxyl groups is 1. The second-order valence-electron chi connectivity index (χ2n) is 11.7. The monoisotopic (exact) mass is 561 g/mol. The Morgan fingerprint density at radius 1 is 0.951 bits per heavy atom. The molecule has 1 aliphatic heterocycles. The van der Waals surface area contributed by atoms with Gasteiger partial charge in [-0.25, -0.2) is 13.2 Å². The smallest absolute Gasteiger partial charge is 0.252 e. The molecule has 1 fully saturated rings. The van der Waals surface area contributed by atoms with Crippen molar-refractivity contribution in [2.24, 2.45) is 5.41 Å². The second kappa shape index (κ2) is 9.76. The van der Waals surface area contributed by atoms with Gasteiger partial charge in [-0.15, -0.1) is 0 Å². The molecule has 0 aliphatic carbocycles. The van der Waals surface area contributed by atoms with Gasteiger partial charge in [-0.05, 0) is 73.9 Å². The van der Waals surface area contributed by atoms with Crippen LogP contribution >= 0.6 is 0 Å². The first-order valence-electron chi connectivity index (χ1n) is 13.6. The first kappa shape index (κ1) is 27.1. The molecule has 0 radical (unpaired) electrons. The number of carbonyl (C=O) groups is 1. The third kappa shape index (κ3) is 4.48. The Kier molecular flexibility index (Phi) is 6.45. The number of ether oxygens (including phenoxy) is 1.